The number of fused-ring (bicyclic) bond motifs is 3. The molecule has 1 saturated carbocycles. The number of ether oxygens (including phenoxy) is 1. The first-order valence-electron chi connectivity index (χ1n) is 10.4. The number of nitrogens with one attached hydrogen (secondary N) is 2. The average Bonchev–Trinajstić information content (AvgIpc) is 3.56. The summed E-state index contributed by atoms with van der Waals surface area (Å²) < 4.78 is 6.69. The van der Waals surface area contributed by atoms with E-state index in [2.05, 4.69) is 30.8 Å². The van der Waals surface area contributed by atoms with Crippen molar-refractivity contribution >= 4 is 34.8 Å². The van der Waals surface area contributed by atoms with Crippen LogP contribution in [0.4, 0.5) is 22.9 Å². The van der Waals surface area contributed by atoms with E-state index in [0.717, 1.165) is 41.0 Å². The van der Waals surface area contributed by atoms with Crippen molar-refractivity contribution in [3.8, 4) is 11.3 Å². The fraction of sp³-hybridized carbons (Fsp3) is 0.318. The van der Waals surface area contributed by atoms with Gasteiger partial charge in [-0.1, -0.05) is 12.1 Å². The number of hydrogen-bond donors (Lipinski definition) is 2. The minimum Gasteiger partial charge on any atom is -0.464 e. The van der Waals surface area contributed by atoms with Gasteiger partial charge in [0.2, 0.25) is 5.91 Å². The molecular weight excluding hydrogens is 410 g/mol. The van der Waals surface area contributed by atoms with Gasteiger partial charge in [-0.2, -0.15) is 5.10 Å². The standard InChI is InChI=1S/C22H23N7O3/c1-28-10-13-11-29(2)27-18(13)14-5-4-6-15(20(14)28)23-16-9-17(24-21(30)12-7-8-12)25-26-19(16)22(31)32-3/h4-6,9,11-12H,7-8,10H2,1-3H3,(H2,23,24,25,30). The van der Waals surface area contributed by atoms with Crippen LogP contribution >= 0.6 is 0 Å². The topological polar surface area (TPSA) is 114 Å². The Morgan fingerprint density at radius 1 is 1.16 bits per heavy atom. The molecule has 1 amide bonds. The summed E-state index contributed by atoms with van der Waals surface area (Å²) in [4.78, 5) is 26.6. The van der Waals surface area contributed by atoms with Crippen molar-refractivity contribution < 1.29 is 14.3 Å². The van der Waals surface area contributed by atoms with Crippen LogP contribution in [0.15, 0.2) is 30.5 Å². The molecule has 2 aromatic heterocycles. The number of nitrogens with zero attached hydrogens (tertiary/aromatic N) is 5. The number of rotatable bonds is 5. The lowest BCUT2D eigenvalue weighted by Gasteiger charge is -2.29. The fourth-order valence-electron chi connectivity index (χ4n) is 3.98. The first-order chi connectivity index (χ1) is 15.4. The zero-order valence-electron chi connectivity index (χ0n) is 18.0. The zero-order valence-corrected chi connectivity index (χ0v) is 18.0. The highest BCUT2D eigenvalue weighted by atomic mass is 16.5. The van der Waals surface area contributed by atoms with E-state index < -0.39 is 5.97 Å². The Labute approximate surface area is 184 Å². The van der Waals surface area contributed by atoms with Crippen LogP contribution in [0.25, 0.3) is 11.3 Å². The molecule has 164 valence electrons. The zero-order chi connectivity index (χ0) is 22.4. The molecular formula is C22H23N7O3. The Morgan fingerprint density at radius 3 is 2.72 bits per heavy atom. The van der Waals surface area contributed by atoms with Crippen molar-refractivity contribution in [2.24, 2.45) is 13.0 Å². The third kappa shape index (κ3) is 3.53. The van der Waals surface area contributed by atoms with E-state index in [1.165, 1.54) is 7.11 Å². The van der Waals surface area contributed by atoms with Crippen LogP contribution in [0, 0.1) is 5.92 Å². The molecule has 1 aliphatic heterocycles. The molecule has 2 N–H and O–H groups in total. The van der Waals surface area contributed by atoms with E-state index in [0.29, 0.717) is 12.2 Å². The molecule has 0 saturated heterocycles. The van der Waals surface area contributed by atoms with Crippen molar-refractivity contribution in [3.63, 3.8) is 0 Å². The smallest absolute Gasteiger partial charge is 0.360 e. The normalized spacial score (nSPS) is 14.4. The highest BCUT2D eigenvalue weighted by Crippen LogP contribution is 2.43. The number of para-hydroxylation sites is 1. The van der Waals surface area contributed by atoms with Gasteiger partial charge in [0.1, 0.15) is 0 Å². The predicted molar refractivity (Wildman–Crippen MR) is 119 cm³/mol. The summed E-state index contributed by atoms with van der Waals surface area (Å²) in [6, 6.07) is 7.48. The molecule has 10 heteroatoms. The lowest BCUT2D eigenvalue weighted by atomic mass is 9.99. The van der Waals surface area contributed by atoms with Gasteiger partial charge in [0.15, 0.2) is 11.5 Å². The predicted octanol–water partition coefficient (Wildman–Crippen LogP) is 2.71. The quantitative estimate of drug-likeness (QED) is 0.591. The Balaban J connectivity index is 1.55. The Bertz CT molecular complexity index is 1230. The van der Waals surface area contributed by atoms with E-state index in [-0.39, 0.29) is 23.3 Å². The number of hydrogen-bond acceptors (Lipinski definition) is 8. The molecule has 2 aliphatic rings. The van der Waals surface area contributed by atoms with Crippen LogP contribution in [-0.2, 0) is 23.1 Å². The van der Waals surface area contributed by atoms with Gasteiger partial charge in [-0.25, -0.2) is 4.79 Å². The summed E-state index contributed by atoms with van der Waals surface area (Å²) in [5.41, 5.74) is 5.23. The number of aromatic nitrogens is 4. The highest BCUT2D eigenvalue weighted by Gasteiger charge is 2.30. The molecule has 0 radical (unpaired) electrons. The van der Waals surface area contributed by atoms with Crippen molar-refractivity contribution in [3.05, 3.63) is 41.7 Å². The third-order valence-corrected chi connectivity index (χ3v) is 5.63. The number of aryl methyl sites for hydroxylation is 1. The molecule has 0 unspecified atom stereocenters. The molecule has 1 aliphatic carbocycles. The van der Waals surface area contributed by atoms with Crippen LogP contribution in [0.3, 0.4) is 0 Å². The van der Waals surface area contributed by atoms with Crippen LogP contribution in [0.1, 0.15) is 28.9 Å². The maximum atomic E-state index is 12.3. The number of anilines is 4. The lowest BCUT2D eigenvalue weighted by molar-refractivity contribution is -0.117. The average molecular weight is 433 g/mol. The van der Waals surface area contributed by atoms with Crippen molar-refractivity contribution in [2.75, 3.05) is 29.7 Å². The van der Waals surface area contributed by atoms with Gasteiger partial charge in [-0.15, -0.1) is 10.2 Å². The maximum absolute atomic E-state index is 12.3. The second-order valence-electron chi connectivity index (χ2n) is 8.11. The van der Waals surface area contributed by atoms with Gasteiger partial charge in [-0.3, -0.25) is 9.48 Å². The minimum atomic E-state index is -0.620. The van der Waals surface area contributed by atoms with Gasteiger partial charge in [0, 0.05) is 49.9 Å². The lowest BCUT2D eigenvalue weighted by Crippen LogP contribution is -2.22. The molecule has 10 nitrogen and oxygen atoms in total. The van der Waals surface area contributed by atoms with Crippen molar-refractivity contribution in [2.45, 2.75) is 19.4 Å². The molecule has 0 spiro atoms. The summed E-state index contributed by atoms with van der Waals surface area (Å²) in [5.74, 6) is -0.404. The second kappa shape index (κ2) is 7.63. The summed E-state index contributed by atoms with van der Waals surface area (Å²) in [5, 5.41) is 18.7. The number of methoxy groups -OCH3 is 1. The number of carbonyl (C=O) groups excluding carboxylic acids is 2. The van der Waals surface area contributed by atoms with E-state index in [1.807, 2.05) is 43.2 Å². The SMILES string of the molecule is COC(=O)c1nnc(NC(=O)C2CC2)cc1Nc1cccc2c1N(C)Cc1cn(C)nc1-2. The van der Waals surface area contributed by atoms with Gasteiger partial charge < -0.3 is 20.3 Å². The Kier molecular flexibility index (Phi) is 4.76. The Hall–Kier alpha value is -3.95. The molecule has 1 aromatic carbocycles. The summed E-state index contributed by atoms with van der Waals surface area (Å²) in [7, 11) is 5.20. The van der Waals surface area contributed by atoms with Crippen LogP contribution in [0.5, 0.6) is 0 Å². The molecule has 3 heterocycles. The van der Waals surface area contributed by atoms with Gasteiger partial charge in [-0.05, 0) is 18.9 Å². The van der Waals surface area contributed by atoms with Crippen molar-refractivity contribution in [1.29, 1.82) is 0 Å². The minimum absolute atomic E-state index is 0.0239. The number of carbonyl (C=O) groups is 2. The Morgan fingerprint density at radius 2 is 1.97 bits per heavy atom. The highest BCUT2D eigenvalue weighted by molar-refractivity contribution is 5.99. The molecule has 0 atom stereocenters. The van der Waals surface area contributed by atoms with E-state index in [1.54, 1.807) is 6.07 Å². The first kappa shape index (κ1) is 20.0. The third-order valence-electron chi connectivity index (χ3n) is 5.63. The van der Waals surface area contributed by atoms with Gasteiger partial charge in [0.25, 0.3) is 0 Å². The van der Waals surface area contributed by atoms with Crippen LogP contribution in [-0.4, -0.2) is 46.0 Å². The van der Waals surface area contributed by atoms with Gasteiger partial charge in [0.05, 0.1) is 29.9 Å². The van der Waals surface area contributed by atoms with E-state index in [4.69, 9.17) is 4.74 Å². The molecule has 5 rings (SSSR count). The molecule has 0 bridgehead atoms. The largest absolute Gasteiger partial charge is 0.464 e. The summed E-state index contributed by atoms with van der Waals surface area (Å²) in [6.45, 7) is 0.704. The monoisotopic (exact) mass is 433 g/mol. The number of esters is 1. The van der Waals surface area contributed by atoms with E-state index >= 15 is 0 Å². The molecule has 1 fully saturated rings. The number of amides is 1. The second-order valence-corrected chi connectivity index (χ2v) is 8.11. The summed E-state index contributed by atoms with van der Waals surface area (Å²) in [6.07, 6.45) is 3.77. The fourth-order valence-corrected chi connectivity index (χ4v) is 3.98. The van der Waals surface area contributed by atoms with Crippen molar-refractivity contribution in [1.82, 2.24) is 20.0 Å². The maximum Gasteiger partial charge on any atom is 0.360 e. The van der Waals surface area contributed by atoms with E-state index in [9.17, 15) is 9.59 Å². The molecule has 32 heavy (non-hydrogen) atoms. The van der Waals surface area contributed by atoms with Gasteiger partial charge >= 0.3 is 5.97 Å². The number of benzene rings is 1. The van der Waals surface area contributed by atoms with Crippen LogP contribution < -0.4 is 15.5 Å². The van der Waals surface area contributed by atoms with Crippen LogP contribution in [0.2, 0.25) is 0 Å². The molecule has 3 aromatic rings. The summed E-state index contributed by atoms with van der Waals surface area (Å²) >= 11 is 0. The first-order valence-corrected chi connectivity index (χ1v) is 10.4.